The zero-order chi connectivity index (χ0) is 12.6. The molecule has 0 aliphatic rings. The van der Waals surface area contributed by atoms with E-state index in [1.54, 1.807) is 0 Å². The number of benzene rings is 2. The molecule has 0 aromatic heterocycles. The van der Waals surface area contributed by atoms with Gasteiger partial charge in [-0.05, 0) is 30.2 Å². The monoisotopic (exact) mass is 227 g/mol. The highest BCUT2D eigenvalue weighted by Gasteiger charge is 1.94. The summed E-state index contributed by atoms with van der Waals surface area (Å²) in [6, 6.07) is 19.1. The summed E-state index contributed by atoms with van der Waals surface area (Å²) in [4.78, 5) is 0. The molecular weight excluding hydrogens is 218 g/mol. The smallest absolute Gasteiger partial charge is 0.152 e. The Morgan fingerprint density at radius 2 is 1.28 bits per heavy atom. The van der Waals surface area contributed by atoms with Gasteiger partial charge in [-0.15, -0.1) is 0 Å². The Kier molecular flexibility index (Phi) is 3.81. The van der Waals surface area contributed by atoms with E-state index in [9.17, 15) is 0 Å². The van der Waals surface area contributed by atoms with E-state index in [1.807, 2.05) is 60.7 Å². The molecule has 0 atom stereocenters. The Bertz CT molecular complexity index is 698. The quantitative estimate of drug-likeness (QED) is 0.635. The molecule has 2 aromatic carbocycles. The number of rotatable bonds is 0. The van der Waals surface area contributed by atoms with Gasteiger partial charge in [0.15, 0.2) is 6.07 Å². The highest BCUT2D eigenvalue weighted by Crippen LogP contribution is 2.06. The van der Waals surface area contributed by atoms with Crippen molar-refractivity contribution in [1.82, 2.24) is 0 Å². The van der Waals surface area contributed by atoms with E-state index in [0.29, 0.717) is 0 Å². The maximum absolute atomic E-state index is 8.47. The largest absolute Gasteiger partial charge is 0.183 e. The SMILES string of the molecule is N#CC#Cc1ccccc1C#Cc1ccccc1. The van der Waals surface area contributed by atoms with Crippen LogP contribution in [0.3, 0.4) is 0 Å². The van der Waals surface area contributed by atoms with Crippen LogP contribution in [0.2, 0.25) is 0 Å². The van der Waals surface area contributed by atoms with E-state index >= 15 is 0 Å². The molecule has 0 fully saturated rings. The van der Waals surface area contributed by atoms with Crippen LogP contribution < -0.4 is 0 Å². The van der Waals surface area contributed by atoms with Gasteiger partial charge < -0.3 is 0 Å². The minimum atomic E-state index is 0.780. The van der Waals surface area contributed by atoms with Gasteiger partial charge in [-0.2, -0.15) is 5.26 Å². The predicted molar refractivity (Wildman–Crippen MR) is 71.4 cm³/mol. The summed E-state index contributed by atoms with van der Waals surface area (Å²) < 4.78 is 0. The zero-order valence-corrected chi connectivity index (χ0v) is 9.64. The highest BCUT2D eigenvalue weighted by atomic mass is 14.2. The van der Waals surface area contributed by atoms with Gasteiger partial charge in [0.1, 0.15) is 0 Å². The van der Waals surface area contributed by atoms with Gasteiger partial charge in [-0.1, -0.05) is 42.2 Å². The van der Waals surface area contributed by atoms with Crippen LogP contribution in [-0.2, 0) is 0 Å². The number of hydrogen-bond donors (Lipinski definition) is 0. The third-order valence-corrected chi connectivity index (χ3v) is 2.30. The lowest BCUT2D eigenvalue weighted by Crippen LogP contribution is -1.82. The molecule has 0 unspecified atom stereocenters. The lowest BCUT2D eigenvalue weighted by molar-refractivity contribution is 1.54. The first-order chi connectivity index (χ1) is 8.90. The first kappa shape index (κ1) is 11.5. The van der Waals surface area contributed by atoms with E-state index in [2.05, 4.69) is 23.7 Å². The van der Waals surface area contributed by atoms with Crippen LogP contribution in [0.15, 0.2) is 54.6 Å². The van der Waals surface area contributed by atoms with Gasteiger partial charge in [0.05, 0.1) is 0 Å². The summed E-state index contributed by atoms with van der Waals surface area (Å²) in [7, 11) is 0. The summed E-state index contributed by atoms with van der Waals surface area (Å²) in [6.45, 7) is 0. The summed E-state index contributed by atoms with van der Waals surface area (Å²) in [6.07, 6.45) is 0. The first-order valence-electron chi connectivity index (χ1n) is 5.46. The summed E-state index contributed by atoms with van der Waals surface area (Å²) in [5, 5.41) is 8.47. The van der Waals surface area contributed by atoms with Crippen molar-refractivity contribution in [3.63, 3.8) is 0 Å². The Labute approximate surface area is 107 Å². The number of nitrogens with zero attached hydrogens (tertiary/aromatic N) is 1. The van der Waals surface area contributed by atoms with Crippen LogP contribution in [0.5, 0.6) is 0 Å². The highest BCUT2D eigenvalue weighted by molar-refractivity contribution is 5.53. The standard InChI is InChI=1S/C17H9N/c18-14-6-11-16-9-4-5-10-17(16)13-12-15-7-2-1-3-8-15/h1-5,7-10H. The second-order valence-electron chi connectivity index (χ2n) is 3.52. The van der Waals surface area contributed by atoms with Crippen molar-refractivity contribution in [3.8, 4) is 29.8 Å². The van der Waals surface area contributed by atoms with E-state index in [-0.39, 0.29) is 0 Å². The van der Waals surface area contributed by atoms with Crippen molar-refractivity contribution in [1.29, 1.82) is 5.26 Å². The van der Waals surface area contributed by atoms with Crippen molar-refractivity contribution < 1.29 is 0 Å². The average Bonchev–Trinajstić information content (AvgIpc) is 2.45. The van der Waals surface area contributed by atoms with Crippen LogP contribution >= 0.6 is 0 Å². The van der Waals surface area contributed by atoms with Crippen molar-refractivity contribution in [3.05, 3.63) is 71.3 Å². The molecule has 82 valence electrons. The molecule has 0 saturated carbocycles. The molecule has 1 nitrogen and oxygen atoms in total. The molecule has 18 heavy (non-hydrogen) atoms. The predicted octanol–water partition coefficient (Wildman–Crippen LogP) is 2.96. The van der Waals surface area contributed by atoms with E-state index in [4.69, 9.17) is 5.26 Å². The van der Waals surface area contributed by atoms with E-state index in [0.717, 1.165) is 16.7 Å². The van der Waals surface area contributed by atoms with Gasteiger partial charge in [0, 0.05) is 22.6 Å². The maximum Gasteiger partial charge on any atom is 0.152 e. The molecule has 0 heterocycles. The van der Waals surface area contributed by atoms with Crippen LogP contribution in [0, 0.1) is 35.0 Å². The summed E-state index contributed by atoms with van der Waals surface area (Å²) in [5.41, 5.74) is 2.58. The molecule has 0 amide bonds. The van der Waals surface area contributed by atoms with Gasteiger partial charge in [-0.25, -0.2) is 0 Å². The Balaban J connectivity index is 2.36. The van der Waals surface area contributed by atoms with Crippen molar-refractivity contribution in [2.75, 3.05) is 0 Å². The topological polar surface area (TPSA) is 23.8 Å². The second kappa shape index (κ2) is 5.95. The molecule has 0 aliphatic heterocycles. The van der Waals surface area contributed by atoms with Gasteiger partial charge in [0.25, 0.3) is 0 Å². The lowest BCUT2D eigenvalue weighted by Gasteiger charge is -1.94. The van der Waals surface area contributed by atoms with Crippen molar-refractivity contribution in [2.45, 2.75) is 0 Å². The Morgan fingerprint density at radius 1 is 0.667 bits per heavy atom. The fraction of sp³-hybridized carbons (Fsp3) is 0. The van der Waals surface area contributed by atoms with Crippen molar-refractivity contribution >= 4 is 0 Å². The van der Waals surface area contributed by atoms with E-state index in [1.165, 1.54) is 0 Å². The van der Waals surface area contributed by atoms with Crippen LogP contribution in [0.4, 0.5) is 0 Å². The van der Waals surface area contributed by atoms with Gasteiger partial charge in [-0.3, -0.25) is 0 Å². The zero-order valence-electron chi connectivity index (χ0n) is 9.64. The van der Waals surface area contributed by atoms with Gasteiger partial charge >= 0.3 is 0 Å². The molecule has 0 saturated heterocycles. The molecule has 0 N–H and O–H groups in total. The van der Waals surface area contributed by atoms with Crippen LogP contribution in [0.1, 0.15) is 16.7 Å². The fourth-order valence-corrected chi connectivity index (χ4v) is 1.46. The number of nitriles is 1. The molecule has 0 bridgehead atoms. The molecular formula is C17H9N. The Morgan fingerprint density at radius 3 is 1.94 bits per heavy atom. The fourth-order valence-electron chi connectivity index (χ4n) is 1.46. The van der Waals surface area contributed by atoms with Crippen LogP contribution in [-0.4, -0.2) is 0 Å². The average molecular weight is 227 g/mol. The third-order valence-electron chi connectivity index (χ3n) is 2.30. The molecule has 0 spiro atoms. The normalized spacial score (nSPS) is 8.17. The van der Waals surface area contributed by atoms with Crippen LogP contribution in [0.25, 0.3) is 0 Å². The molecule has 2 aromatic rings. The molecule has 1 heteroatoms. The minimum absolute atomic E-state index is 0.780. The minimum Gasteiger partial charge on any atom is -0.183 e. The maximum atomic E-state index is 8.47. The third kappa shape index (κ3) is 3.02. The van der Waals surface area contributed by atoms with E-state index < -0.39 is 0 Å². The number of hydrogen-bond acceptors (Lipinski definition) is 1. The Hall–Kier alpha value is -2.95. The molecule has 0 aliphatic carbocycles. The first-order valence-corrected chi connectivity index (χ1v) is 5.46. The summed E-state index contributed by atoms with van der Waals surface area (Å²) in [5.74, 6) is 11.3. The van der Waals surface area contributed by atoms with Gasteiger partial charge in [0.2, 0.25) is 0 Å². The lowest BCUT2D eigenvalue weighted by atomic mass is 10.1. The summed E-state index contributed by atoms with van der Waals surface area (Å²) >= 11 is 0. The second-order valence-corrected chi connectivity index (χ2v) is 3.52. The van der Waals surface area contributed by atoms with Crippen molar-refractivity contribution in [2.24, 2.45) is 0 Å². The molecule has 2 rings (SSSR count). The molecule has 0 radical (unpaired) electrons.